The average molecular weight is 417 g/mol. The van der Waals surface area contributed by atoms with Crippen LogP contribution in [0.15, 0.2) is 67.0 Å². The maximum Gasteiger partial charge on any atom is 0.274 e. The zero-order valence-corrected chi connectivity index (χ0v) is 17.0. The van der Waals surface area contributed by atoms with E-state index < -0.39 is 0 Å². The number of pyridine rings is 2. The Morgan fingerprint density at radius 2 is 1.74 bits per heavy atom. The van der Waals surface area contributed by atoms with Crippen LogP contribution in [0.3, 0.4) is 0 Å². The molecule has 1 saturated heterocycles. The number of aromatic nitrogens is 2. The second-order valence-corrected chi connectivity index (χ2v) is 7.05. The number of hydrogen-bond donors (Lipinski definition) is 2. The van der Waals surface area contributed by atoms with Crippen molar-refractivity contribution >= 4 is 23.3 Å². The Morgan fingerprint density at radius 3 is 2.42 bits per heavy atom. The van der Waals surface area contributed by atoms with Crippen molar-refractivity contribution in [2.75, 3.05) is 36.5 Å². The molecule has 3 heterocycles. The van der Waals surface area contributed by atoms with Crippen LogP contribution in [-0.4, -0.2) is 48.1 Å². The minimum atomic E-state index is -0.300. The summed E-state index contributed by atoms with van der Waals surface area (Å²) < 4.78 is 5.36. The number of anilines is 2. The number of nitrogens with zero attached hydrogens (tertiary/aromatic N) is 3. The molecule has 0 saturated carbocycles. The molecule has 2 aromatic heterocycles. The fraction of sp³-hybridized carbons (Fsp3) is 0.217. The van der Waals surface area contributed by atoms with Gasteiger partial charge >= 0.3 is 0 Å². The Kier molecular flexibility index (Phi) is 6.49. The Labute approximate surface area is 180 Å². The van der Waals surface area contributed by atoms with Crippen molar-refractivity contribution in [2.45, 2.75) is 6.54 Å². The van der Waals surface area contributed by atoms with Crippen LogP contribution in [-0.2, 0) is 11.3 Å². The standard InChI is InChI=1S/C23H23N5O3/c29-22(26-16-17-4-9-21(25-15-17)28-11-13-31-14-12-28)18-5-7-19(8-6-18)27-23(30)20-3-1-2-10-24-20/h1-10,15H,11-14,16H2,(H,26,29)(H,27,30). The second-order valence-electron chi connectivity index (χ2n) is 7.05. The lowest BCUT2D eigenvalue weighted by molar-refractivity contribution is 0.0950. The predicted octanol–water partition coefficient (Wildman–Crippen LogP) is 2.50. The molecule has 0 atom stereocenters. The van der Waals surface area contributed by atoms with Gasteiger partial charge in [0.2, 0.25) is 0 Å². The molecule has 0 unspecified atom stereocenters. The van der Waals surface area contributed by atoms with Gasteiger partial charge in [0, 0.05) is 43.3 Å². The van der Waals surface area contributed by atoms with Gasteiger partial charge in [0.25, 0.3) is 11.8 Å². The summed E-state index contributed by atoms with van der Waals surface area (Å²) in [6.07, 6.45) is 3.34. The van der Waals surface area contributed by atoms with E-state index >= 15 is 0 Å². The summed E-state index contributed by atoms with van der Waals surface area (Å²) in [5, 5.41) is 5.65. The Bertz CT molecular complexity index is 1020. The fourth-order valence-electron chi connectivity index (χ4n) is 3.18. The maximum atomic E-state index is 12.4. The first-order valence-electron chi connectivity index (χ1n) is 10.1. The number of benzene rings is 1. The van der Waals surface area contributed by atoms with Gasteiger partial charge in [-0.3, -0.25) is 14.6 Å². The van der Waals surface area contributed by atoms with Crippen molar-refractivity contribution in [1.82, 2.24) is 15.3 Å². The molecule has 0 spiro atoms. The molecule has 31 heavy (non-hydrogen) atoms. The number of rotatable bonds is 6. The average Bonchev–Trinajstić information content (AvgIpc) is 2.84. The highest BCUT2D eigenvalue weighted by Crippen LogP contribution is 2.14. The van der Waals surface area contributed by atoms with Crippen molar-refractivity contribution in [3.05, 3.63) is 83.8 Å². The zero-order valence-electron chi connectivity index (χ0n) is 17.0. The third-order valence-corrected chi connectivity index (χ3v) is 4.90. The van der Waals surface area contributed by atoms with Crippen molar-refractivity contribution in [3.8, 4) is 0 Å². The first kappa shape index (κ1) is 20.5. The highest BCUT2D eigenvalue weighted by Gasteiger charge is 2.12. The number of morpholine rings is 1. The first-order valence-corrected chi connectivity index (χ1v) is 10.1. The smallest absolute Gasteiger partial charge is 0.274 e. The van der Waals surface area contributed by atoms with E-state index in [1.54, 1.807) is 54.9 Å². The van der Waals surface area contributed by atoms with Gasteiger partial charge in [-0.2, -0.15) is 0 Å². The largest absolute Gasteiger partial charge is 0.378 e. The van der Waals surface area contributed by atoms with Crippen molar-refractivity contribution in [2.24, 2.45) is 0 Å². The molecule has 2 amide bonds. The maximum absolute atomic E-state index is 12.4. The third-order valence-electron chi connectivity index (χ3n) is 4.90. The molecular weight excluding hydrogens is 394 g/mol. The summed E-state index contributed by atoms with van der Waals surface area (Å²) in [6.45, 7) is 3.48. The van der Waals surface area contributed by atoms with Crippen LogP contribution in [0.5, 0.6) is 0 Å². The topological polar surface area (TPSA) is 96.5 Å². The molecule has 0 bridgehead atoms. The van der Waals surface area contributed by atoms with E-state index in [1.165, 1.54) is 0 Å². The van der Waals surface area contributed by atoms with Gasteiger partial charge in [0.1, 0.15) is 11.5 Å². The van der Waals surface area contributed by atoms with E-state index in [4.69, 9.17) is 4.74 Å². The summed E-state index contributed by atoms with van der Waals surface area (Å²) in [4.78, 5) is 35.3. The van der Waals surface area contributed by atoms with Crippen LogP contribution in [0, 0.1) is 0 Å². The second kappa shape index (κ2) is 9.82. The number of carbonyl (C=O) groups is 2. The molecule has 0 aliphatic carbocycles. The van der Waals surface area contributed by atoms with E-state index in [0.29, 0.717) is 36.7 Å². The lowest BCUT2D eigenvalue weighted by Gasteiger charge is -2.27. The molecule has 1 fully saturated rings. The van der Waals surface area contributed by atoms with Crippen LogP contribution < -0.4 is 15.5 Å². The van der Waals surface area contributed by atoms with Crippen LogP contribution in [0.1, 0.15) is 26.4 Å². The minimum absolute atomic E-state index is 0.195. The molecule has 2 N–H and O–H groups in total. The lowest BCUT2D eigenvalue weighted by Crippen LogP contribution is -2.36. The molecule has 4 rings (SSSR count). The first-order chi connectivity index (χ1) is 15.2. The van der Waals surface area contributed by atoms with Crippen LogP contribution in [0.2, 0.25) is 0 Å². The van der Waals surface area contributed by atoms with Gasteiger partial charge in [-0.25, -0.2) is 4.98 Å². The summed E-state index contributed by atoms with van der Waals surface area (Å²) in [6, 6.07) is 15.8. The van der Waals surface area contributed by atoms with Crippen LogP contribution >= 0.6 is 0 Å². The summed E-state index contributed by atoms with van der Waals surface area (Å²) in [5.41, 5.74) is 2.35. The zero-order chi connectivity index (χ0) is 21.5. The molecule has 158 valence electrons. The SMILES string of the molecule is O=C(NCc1ccc(N2CCOCC2)nc1)c1ccc(NC(=O)c2ccccn2)cc1. The number of ether oxygens (including phenoxy) is 1. The normalized spacial score (nSPS) is 13.5. The van der Waals surface area contributed by atoms with Crippen molar-refractivity contribution < 1.29 is 14.3 Å². The Balaban J connectivity index is 1.29. The van der Waals surface area contributed by atoms with Crippen molar-refractivity contribution in [1.29, 1.82) is 0 Å². The quantitative estimate of drug-likeness (QED) is 0.640. The number of amides is 2. The molecule has 1 aromatic carbocycles. The molecule has 1 aliphatic heterocycles. The third kappa shape index (κ3) is 5.43. The Hall–Kier alpha value is -3.78. The summed E-state index contributed by atoms with van der Waals surface area (Å²) in [5.74, 6) is 0.424. The highest BCUT2D eigenvalue weighted by atomic mass is 16.5. The predicted molar refractivity (Wildman–Crippen MR) is 117 cm³/mol. The van der Waals surface area contributed by atoms with Crippen LogP contribution in [0.25, 0.3) is 0 Å². The number of carbonyl (C=O) groups excluding carboxylic acids is 2. The summed E-state index contributed by atoms with van der Waals surface area (Å²) in [7, 11) is 0. The van der Waals surface area contributed by atoms with Gasteiger partial charge < -0.3 is 20.3 Å². The minimum Gasteiger partial charge on any atom is -0.378 e. The molecule has 0 radical (unpaired) electrons. The van der Waals surface area contributed by atoms with E-state index in [-0.39, 0.29) is 11.8 Å². The van der Waals surface area contributed by atoms with Crippen LogP contribution in [0.4, 0.5) is 11.5 Å². The molecule has 8 heteroatoms. The lowest BCUT2D eigenvalue weighted by atomic mass is 10.2. The van der Waals surface area contributed by atoms with Gasteiger partial charge in [-0.1, -0.05) is 12.1 Å². The highest BCUT2D eigenvalue weighted by molar-refractivity contribution is 6.03. The Morgan fingerprint density at radius 1 is 0.935 bits per heavy atom. The monoisotopic (exact) mass is 417 g/mol. The summed E-state index contributed by atoms with van der Waals surface area (Å²) >= 11 is 0. The van der Waals surface area contributed by atoms with E-state index in [9.17, 15) is 9.59 Å². The fourth-order valence-corrected chi connectivity index (χ4v) is 3.18. The van der Waals surface area contributed by atoms with Gasteiger partial charge in [-0.05, 0) is 48.0 Å². The van der Waals surface area contributed by atoms with Crippen molar-refractivity contribution in [3.63, 3.8) is 0 Å². The van der Waals surface area contributed by atoms with Gasteiger partial charge in [0.15, 0.2) is 0 Å². The molecule has 1 aliphatic rings. The van der Waals surface area contributed by atoms with Gasteiger partial charge in [-0.15, -0.1) is 0 Å². The van der Waals surface area contributed by atoms with E-state index in [2.05, 4.69) is 25.5 Å². The van der Waals surface area contributed by atoms with Gasteiger partial charge in [0.05, 0.1) is 13.2 Å². The molecule has 8 nitrogen and oxygen atoms in total. The molecule has 3 aromatic rings. The number of hydrogen-bond acceptors (Lipinski definition) is 6. The number of nitrogens with one attached hydrogen (secondary N) is 2. The van der Waals surface area contributed by atoms with E-state index in [0.717, 1.165) is 24.5 Å². The van der Waals surface area contributed by atoms with E-state index in [1.807, 2.05) is 12.1 Å². The molecular formula is C23H23N5O3.